The molecule has 106 valence electrons. The Morgan fingerprint density at radius 2 is 1.06 bits per heavy atom. The molecule has 2 heteroatoms. The van der Waals surface area contributed by atoms with E-state index in [0.717, 1.165) is 12.8 Å². The van der Waals surface area contributed by atoms with Crippen LogP contribution in [0.3, 0.4) is 0 Å². The van der Waals surface area contributed by atoms with E-state index in [2.05, 4.69) is 6.92 Å². The van der Waals surface area contributed by atoms with Crippen LogP contribution in [0.1, 0.15) is 90.9 Å². The van der Waals surface area contributed by atoms with Crippen LogP contribution in [0.4, 0.5) is 0 Å². The molecule has 0 spiro atoms. The van der Waals surface area contributed by atoms with E-state index in [1.807, 2.05) is 6.92 Å². The van der Waals surface area contributed by atoms with E-state index in [1.165, 1.54) is 38.5 Å². The van der Waals surface area contributed by atoms with Gasteiger partial charge in [0.1, 0.15) is 11.6 Å². The van der Waals surface area contributed by atoms with Crippen LogP contribution >= 0.6 is 0 Å². The zero-order chi connectivity index (χ0) is 13.6. The molecule has 0 saturated heterocycles. The van der Waals surface area contributed by atoms with Gasteiger partial charge in [-0.2, -0.15) is 0 Å². The van der Waals surface area contributed by atoms with E-state index < -0.39 is 0 Å². The summed E-state index contributed by atoms with van der Waals surface area (Å²) in [5, 5.41) is 0. The molecule has 18 heavy (non-hydrogen) atoms. The first-order valence-corrected chi connectivity index (χ1v) is 7.74. The molecule has 0 fully saturated rings. The molecule has 0 N–H and O–H groups in total. The number of carbonyl (C=O) groups excluding carboxylic acids is 2. The summed E-state index contributed by atoms with van der Waals surface area (Å²) >= 11 is 0. The number of rotatable bonds is 13. The first-order chi connectivity index (χ1) is 8.70. The monoisotopic (exact) mass is 254 g/mol. The molecule has 0 aliphatic rings. The van der Waals surface area contributed by atoms with E-state index >= 15 is 0 Å². The van der Waals surface area contributed by atoms with Crippen molar-refractivity contribution < 1.29 is 9.59 Å². The minimum atomic E-state index is 0.241. The Kier molecular flexibility index (Phi) is 12.3. The van der Waals surface area contributed by atoms with Gasteiger partial charge in [0.25, 0.3) is 0 Å². The largest absolute Gasteiger partial charge is 0.300 e. The quantitative estimate of drug-likeness (QED) is 0.440. The number of carbonyl (C=O) groups is 2. The van der Waals surface area contributed by atoms with Crippen molar-refractivity contribution in [2.24, 2.45) is 0 Å². The summed E-state index contributed by atoms with van der Waals surface area (Å²) in [6.07, 6.45) is 11.8. The highest BCUT2D eigenvalue weighted by atomic mass is 16.1. The Labute approximate surface area is 113 Å². The van der Waals surface area contributed by atoms with Crippen molar-refractivity contribution in [1.82, 2.24) is 0 Å². The van der Waals surface area contributed by atoms with Gasteiger partial charge in [0.05, 0.1) is 0 Å². The zero-order valence-corrected chi connectivity index (χ0v) is 12.3. The predicted octanol–water partition coefficient (Wildman–Crippen LogP) is 4.85. The topological polar surface area (TPSA) is 34.1 Å². The van der Waals surface area contributed by atoms with Gasteiger partial charge in [0.15, 0.2) is 0 Å². The summed E-state index contributed by atoms with van der Waals surface area (Å²) in [7, 11) is 0. The average molecular weight is 254 g/mol. The molecule has 0 radical (unpaired) electrons. The number of unbranched alkanes of at least 4 members (excludes halogenated alkanes) is 6. The molecule has 0 aromatic heterocycles. The van der Waals surface area contributed by atoms with Gasteiger partial charge in [0, 0.05) is 25.7 Å². The summed E-state index contributed by atoms with van der Waals surface area (Å²) in [6, 6.07) is 0. The molecule has 0 saturated carbocycles. The van der Waals surface area contributed by atoms with E-state index in [-0.39, 0.29) is 11.6 Å². The number of Topliss-reactive ketones (excluding diaryl/α,β-unsaturated/α-hetero) is 2. The van der Waals surface area contributed by atoms with Gasteiger partial charge < -0.3 is 0 Å². The summed E-state index contributed by atoms with van der Waals surface area (Å²) in [4.78, 5) is 22.8. The molecule has 2 nitrogen and oxygen atoms in total. The van der Waals surface area contributed by atoms with Gasteiger partial charge in [-0.3, -0.25) is 9.59 Å². The summed E-state index contributed by atoms with van der Waals surface area (Å²) in [5.74, 6) is 0.512. The molecule has 0 aromatic carbocycles. The molecule has 0 aromatic rings. The van der Waals surface area contributed by atoms with Crippen molar-refractivity contribution >= 4 is 11.6 Å². The van der Waals surface area contributed by atoms with Crippen LogP contribution in [0, 0.1) is 0 Å². The fourth-order valence-corrected chi connectivity index (χ4v) is 2.09. The van der Waals surface area contributed by atoms with E-state index in [0.29, 0.717) is 25.7 Å². The SMILES string of the molecule is CCCCCCCCCC(=O)CCC(=O)CCC. The second-order valence-corrected chi connectivity index (χ2v) is 5.20. The maximum Gasteiger partial charge on any atom is 0.133 e. The summed E-state index contributed by atoms with van der Waals surface area (Å²) in [5.41, 5.74) is 0. The molecular formula is C16H30O2. The molecule has 0 aliphatic carbocycles. The fraction of sp³-hybridized carbons (Fsp3) is 0.875. The summed E-state index contributed by atoms with van der Waals surface area (Å²) < 4.78 is 0. The van der Waals surface area contributed by atoms with Crippen molar-refractivity contribution in [2.75, 3.05) is 0 Å². The Balaban J connectivity index is 3.29. The highest BCUT2D eigenvalue weighted by Crippen LogP contribution is 2.10. The maximum atomic E-state index is 11.5. The lowest BCUT2D eigenvalue weighted by molar-refractivity contribution is -0.124. The van der Waals surface area contributed by atoms with Gasteiger partial charge in [-0.1, -0.05) is 52.4 Å². The third kappa shape index (κ3) is 11.8. The molecule has 0 atom stereocenters. The lowest BCUT2D eigenvalue weighted by atomic mass is 10.0. The lowest BCUT2D eigenvalue weighted by Gasteiger charge is -2.02. The van der Waals surface area contributed by atoms with E-state index in [9.17, 15) is 9.59 Å². The van der Waals surface area contributed by atoms with Crippen molar-refractivity contribution in [1.29, 1.82) is 0 Å². The van der Waals surface area contributed by atoms with Crippen LogP contribution in [0.2, 0.25) is 0 Å². The summed E-state index contributed by atoms with van der Waals surface area (Å²) in [6.45, 7) is 4.22. The molecule has 0 aliphatic heterocycles. The minimum Gasteiger partial charge on any atom is -0.300 e. The van der Waals surface area contributed by atoms with Crippen LogP contribution in [-0.4, -0.2) is 11.6 Å². The van der Waals surface area contributed by atoms with E-state index in [1.54, 1.807) is 0 Å². The lowest BCUT2D eigenvalue weighted by Crippen LogP contribution is -2.03. The molecule has 0 unspecified atom stereocenters. The zero-order valence-electron chi connectivity index (χ0n) is 12.3. The van der Waals surface area contributed by atoms with Crippen molar-refractivity contribution in [2.45, 2.75) is 90.9 Å². The molecular weight excluding hydrogens is 224 g/mol. The van der Waals surface area contributed by atoms with Crippen LogP contribution in [-0.2, 0) is 9.59 Å². The maximum absolute atomic E-state index is 11.5. The van der Waals surface area contributed by atoms with Gasteiger partial charge >= 0.3 is 0 Å². The molecule has 0 rings (SSSR count). The number of hydrogen-bond donors (Lipinski definition) is 0. The standard InChI is InChI=1S/C16H30O2/c1-3-5-6-7-8-9-10-12-16(18)14-13-15(17)11-4-2/h3-14H2,1-2H3. The van der Waals surface area contributed by atoms with E-state index in [4.69, 9.17) is 0 Å². The third-order valence-electron chi connectivity index (χ3n) is 3.27. The first kappa shape index (κ1) is 17.3. The van der Waals surface area contributed by atoms with Gasteiger partial charge in [-0.05, 0) is 12.8 Å². The number of hydrogen-bond acceptors (Lipinski definition) is 2. The molecule has 0 heterocycles. The second kappa shape index (κ2) is 12.8. The first-order valence-electron chi connectivity index (χ1n) is 7.74. The fourth-order valence-electron chi connectivity index (χ4n) is 2.09. The highest BCUT2D eigenvalue weighted by molar-refractivity contribution is 5.85. The average Bonchev–Trinajstić information content (AvgIpc) is 2.35. The normalized spacial score (nSPS) is 10.6. The van der Waals surface area contributed by atoms with Gasteiger partial charge in [0.2, 0.25) is 0 Å². The Hall–Kier alpha value is -0.660. The second-order valence-electron chi connectivity index (χ2n) is 5.20. The van der Waals surface area contributed by atoms with Crippen molar-refractivity contribution in [3.63, 3.8) is 0 Å². The van der Waals surface area contributed by atoms with Crippen molar-refractivity contribution in [3.8, 4) is 0 Å². The van der Waals surface area contributed by atoms with Crippen molar-refractivity contribution in [3.05, 3.63) is 0 Å². The Morgan fingerprint density at radius 1 is 0.556 bits per heavy atom. The van der Waals surface area contributed by atoms with Crippen LogP contribution < -0.4 is 0 Å². The third-order valence-corrected chi connectivity index (χ3v) is 3.27. The Morgan fingerprint density at radius 3 is 1.61 bits per heavy atom. The minimum absolute atomic E-state index is 0.241. The van der Waals surface area contributed by atoms with Crippen LogP contribution in [0.25, 0.3) is 0 Å². The predicted molar refractivity (Wildman–Crippen MR) is 76.8 cm³/mol. The van der Waals surface area contributed by atoms with Gasteiger partial charge in [-0.15, -0.1) is 0 Å². The number of ketones is 2. The smallest absolute Gasteiger partial charge is 0.133 e. The van der Waals surface area contributed by atoms with Crippen LogP contribution in [0.5, 0.6) is 0 Å². The Bertz CT molecular complexity index is 221. The van der Waals surface area contributed by atoms with Crippen LogP contribution in [0.15, 0.2) is 0 Å². The van der Waals surface area contributed by atoms with Gasteiger partial charge in [-0.25, -0.2) is 0 Å². The highest BCUT2D eigenvalue weighted by Gasteiger charge is 2.06. The molecule has 0 amide bonds. The molecule has 0 bridgehead atoms.